The number of hydrogen-bond acceptors (Lipinski definition) is 3. The van der Waals surface area contributed by atoms with Crippen LogP contribution in [0.3, 0.4) is 0 Å². The van der Waals surface area contributed by atoms with Gasteiger partial charge in [0.2, 0.25) is 0 Å². The third-order valence-corrected chi connectivity index (χ3v) is 4.61. The van der Waals surface area contributed by atoms with Gasteiger partial charge < -0.3 is 15.0 Å². The van der Waals surface area contributed by atoms with Gasteiger partial charge in [0.1, 0.15) is 0 Å². The normalized spacial score (nSPS) is 22.3. The standard InChI is InChI=1S/C16H32N2O/c1-3-17-16(15-6-4-5-7-15)12-18(2)10-11-19-13-14-8-9-14/h14-17H,3-13H2,1-2H3. The van der Waals surface area contributed by atoms with Crippen molar-refractivity contribution in [3.8, 4) is 0 Å². The summed E-state index contributed by atoms with van der Waals surface area (Å²) in [5, 5.41) is 3.69. The van der Waals surface area contributed by atoms with Gasteiger partial charge in [-0.05, 0) is 51.1 Å². The van der Waals surface area contributed by atoms with Gasteiger partial charge in [-0.3, -0.25) is 0 Å². The monoisotopic (exact) mass is 268 g/mol. The molecule has 0 heterocycles. The molecular weight excluding hydrogens is 236 g/mol. The molecule has 2 aliphatic rings. The van der Waals surface area contributed by atoms with Crippen LogP contribution < -0.4 is 5.32 Å². The van der Waals surface area contributed by atoms with E-state index in [1.807, 2.05) is 0 Å². The van der Waals surface area contributed by atoms with Crippen molar-refractivity contribution in [2.24, 2.45) is 11.8 Å². The summed E-state index contributed by atoms with van der Waals surface area (Å²) in [5.74, 6) is 1.79. The van der Waals surface area contributed by atoms with E-state index in [1.165, 1.54) is 45.1 Å². The predicted molar refractivity (Wildman–Crippen MR) is 80.5 cm³/mol. The molecule has 112 valence electrons. The lowest BCUT2D eigenvalue weighted by molar-refractivity contribution is 0.0982. The summed E-state index contributed by atoms with van der Waals surface area (Å²) >= 11 is 0. The van der Waals surface area contributed by atoms with Crippen LogP contribution in [0.15, 0.2) is 0 Å². The highest BCUT2D eigenvalue weighted by molar-refractivity contribution is 4.82. The molecule has 1 atom stereocenters. The van der Waals surface area contributed by atoms with E-state index in [0.717, 1.165) is 38.1 Å². The lowest BCUT2D eigenvalue weighted by Gasteiger charge is -2.29. The number of nitrogens with zero attached hydrogens (tertiary/aromatic N) is 1. The highest BCUT2D eigenvalue weighted by atomic mass is 16.5. The number of hydrogen-bond donors (Lipinski definition) is 1. The average Bonchev–Trinajstić information content (AvgIpc) is 3.05. The number of likely N-dealkylation sites (N-methyl/N-ethyl adjacent to an activating group) is 2. The first-order chi connectivity index (χ1) is 9.29. The zero-order valence-corrected chi connectivity index (χ0v) is 12.9. The van der Waals surface area contributed by atoms with Crippen LogP contribution in [-0.2, 0) is 4.74 Å². The van der Waals surface area contributed by atoms with Gasteiger partial charge in [0, 0.05) is 25.7 Å². The van der Waals surface area contributed by atoms with Crippen molar-refractivity contribution in [1.82, 2.24) is 10.2 Å². The fourth-order valence-corrected chi connectivity index (χ4v) is 3.18. The number of rotatable bonds is 10. The molecule has 2 saturated carbocycles. The van der Waals surface area contributed by atoms with Crippen molar-refractivity contribution in [1.29, 1.82) is 0 Å². The van der Waals surface area contributed by atoms with Crippen LogP contribution in [0.1, 0.15) is 45.4 Å². The SMILES string of the molecule is CCNC(CN(C)CCOCC1CC1)C1CCCC1. The van der Waals surface area contributed by atoms with Crippen LogP contribution in [0.25, 0.3) is 0 Å². The Kier molecular flexibility index (Phi) is 6.62. The summed E-state index contributed by atoms with van der Waals surface area (Å²) in [7, 11) is 2.24. The van der Waals surface area contributed by atoms with E-state index in [2.05, 4.69) is 24.2 Å². The van der Waals surface area contributed by atoms with Gasteiger partial charge in [-0.25, -0.2) is 0 Å². The molecule has 0 radical (unpaired) electrons. The maximum atomic E-state index is 5.73. The molecule has 0 amide bonds. The summed E-state index contributed by atoms with van der Waals surface area (Å²) in [6.45, 7) is 7.45. The van der Waals surface area contributed by atoms with Gasteiger partial charge in [-0.2, -0.15) is 0 Å². The van der Waals surface area contributed by atoms with Gasteiger partial charge >= 0.3 is 0 Å². The van der Waals surface area contributed by atoms with Crippen molar-refractivity contribution in [3.63, 3.8) is 0 Å². The second-order valence-corrected chi connectivity index (χ2v) is 6.49. The Morgan fingerprint density at radius 1 is 1.21 bits per heavy atom. The highest BCUT2D eigenvalue weighted by Gasteiger charge is 2.25. The quantitative estimate of drug-likeness (QED) is 0.616. The molecule has 0 spiro atoms. The summed E-state index contributed by atoms with van der Waals surface area (Å²) in [5.41, 5.74) is 0. The minimum Gasteiger partial charge on any atom is -0.380 e. The first-order valence-corrected chi connectivity index (χ1v) is 8.29. The second kappa shape index (κ2) is 8.23. The van der Waals surface area contributed by atoms with Crippen molar-refractivity contribution in [2.45, 2.75) is 51.5 Å². The van der Waals surface area contributed by atoms with Crippen molar-refractivity contribution < 1.29 is 4.74 Å². The van der Waals surface area contributed by atoms with Gasteiger partial charge in [0.25, 0.3) is 0 Å². The van der Waals surface area contributed by atoms with Crippen LogP contribution in [-0.4, -0.2) is 50.8 Å². The molecule has 2 fully saturated rings. The van der Waals surface area contributed by atoms with E-state index < -0.39 is 0 Å². The fourth-order valence-electron chi connectivity index (χ4n) is 3.18. The van der Waals surface area contributed by atoms with E-state index in [1.54, 1.807) is 0 Å². The van der Waals surface area contributed by atoms with Crippen molar-refractivity contribution >= 4 is 0 Å². The molecule has 1 N–H and O–H groups in total. The van der Waals surface area contributed by atoms with Gasteiger partial charge in [0.05, 0.1) is 6.61 Å². The van der Waals surface area contributed by atoms with Gasteiger partial charge in [0.15, 0.2) is 0 Å². The minimum atomic E-state index is 0.681. The highest BCUT2D eigenvalue weighted by Crippen LogP contribution is 2.29. The zero-order chi connectivity index (χ0) is 13.5. The maximum absolute atomic E-state index is 5.73. The molecule has 3 heteroatoms. The lowest BCUT2D eigenvalue weighted by atomic mass is 9.97. The molecular formula is C16H32N2O. The molecule has 0 aromatic carbocycles. The Hall–Kier alpha value is -0.120. The van der Waals surface area contributed by atoms with E-state index in [9.17, 15) is 0 Å². The molecule has 0 aromatic heterocycles. The molecule has 3 nitrogen and oxygen atoms in total. The third-order valence-electron chi connectivity index (χ3n) is 4.61. The Morgan fingerprint density at radius 3 is 2.58 bits per heavy atom. The van der Waals surface area contributed by atoms with Crippen molar-refractivity contribution in [3.05, 3.63) is 0 Å². The molecule has 2 aliphatic carbocycles. The first kappa shape index (κ1) is 15.3. The zero-order valence-electron chi connectivity index (χ0n) is 12.9. The van der Waals surface area contributed by atoms with Crippen LogP contribution in [0.5, 0.6) is 0 Å². The average molecular weight is 268 g/mol. The molecule has 1 unspecified atom stereocenters. The molecule has 0 saturated heterocycles. The predicted octanol–water partition coefficient (Wildman–Crippen LogP) is 2.51. The van der Waals surface area contributed by atoms with E-state index in [-0.39, 0.29) is 0 Å². The third kappa shape index (κ3) is 5.80. The Morgan fingerprint density at radius 2 is 1.95 bits per heavy atom. The molecule has 19 heavy (non-hydrogen) atoms. The van der Waals surface area contributed by atoms with E-state index >= 15 is 0 Å². The second-order valence-electron chi connectivity index (χ2n) is 6.49. The molecule has 0 bridgehead atoms. The van der Waals surface area contributed by atoms with Crippen LogP contribution in [0.4, 0.5) is 0 Å². The molecule has 0 aliphatic heterocycles. The Bertz CT molecular complexity index is 237. The number of ether oxygens (including phenoxy) is 1. The van der Waals surface area contributed by atoms with Crippen LogP contribution in [0, 0.1) is 11.8 Å². The summed E-state index contributed by atoms with van der Waals surface area (Å²) < 4.78 is 5.73. The molecule has 2 rings (SSSR count). The lowest BCUT2D eigenvalue weighted by Crippen LogP contribution is -2.44. The Labute approximate surface area is 119 Å². The van der Waals surface area contributed by atoms with E-state index in [0.29, 0.717) is 6.04 Å². The fraction of sp³-hybridized carbons (Fsp3) is 1.00. The summed E-state index contributed by atoms with van der Waals surface area (Å²) in [4.78, 5) is 2.44. The number of nitrogens with one attached hydrogen (secondary N) is 1. The summed E-state index contributed by atoms with van der Waals surface area (Å²) in [6, 6.07) is 0.681. The van der Waals surface area contributed by atoms with Crippen molar-refractivity contribution in [2.75, 3.05) is 39.9 Å². The summed E-state index contributed by atoms with van der Waals surface area (Å²) in [6.07, 6.45) is 8.48. The van der Waals surface area contributed by atoms with Crippen LogP contribution in [0.2, 0.25) is 0 Å². The molecule has 0 aromatic rings. The van der Waals surface area contributed by atoms with E-state index in [4.69, 9.17) is 4.74 Å². The minimum absolute atomic E-state index is 0.681. The Balaban J connectivity index is 1.60. The maximum Gasteiger partial charge on any atom is 0.0593 e. The van der Waals surface area contributed by atoms with Gasteiger partial charge in [-0.1, -0.05) is 19.8 Å². The van der Waals surface area contributed by atoms with Gasteiger partial charge in [-0.15, -0.1) is 0 Å². The largest absolute Gasteiger partial charge is 0.380 e. The smallest absolute Gasteiger partial charge is 0.0593 e. The first-order valence-electron chi connectivity index (χ1n) is 8.29. The van der Waals surface area contributed by atoms with Crippen LogP contribution >= 0.6 is 0 Å². The topological polar surface area (TPSA) is 24.5 Å².